The Labute approximate surface area is 300 Å². The average molecular weight is 659 g/mol. The molecule has 12 rings (SSSR count). The van der Waals surface area contributed by atoms with Crippen LogP contribution in [-0.2, 0) is 0 Å². The maximum absolute atomic E-state index is 2.55. The molecule has 9 aromatic carbocycles. The van der Waals surface area contributed by atoms with Gasteiger partial charge in [0.05, 0.1) is 27.8 Å². The first kappa shape index (κ1) is 27.9. The molecule has 0 N–H and O–H groups in total. The Morgan fingerprint density at radius 2 is 0.808 bits per heavy atom. The highest BCUT2D eigenvalue weighted by Crippen LogP contribution is 2.51. The average Bonchev–Trinajstić information content (AvgIpc) is 3.86. The maximum atomic E-state index is 2.55. The Hall–Kier alpha value is -6.90. The van der Waals surface area contributed by atoms with Gasteiger partial charge < -0.3 is 9.13 Å². The minimum Gasteiger partial charge on any atom is -0.309 e. The molecule has 240 valence electrons. The normalized spacial score (nSPS) is 12.2. The number of aromatic nitrogens is 2. The van der Waals surface area contributed by atoms with Gasteiger partial charge >= 0.3 is 0 Å². The third kappa shape index (κ3) is 3.58. The van der Waals surface area contributed by atoms with Crippen LogP contribution in [0.15, 0.2) is 182 Å². The predicted molar refractivity (Wildman–Crippen MR) is 220 cm³/mol. The van der Waals surface area contributed by atoms with Crippen LogP contribution in [-0.4, -0.2) is 9.13 Å². The van der Waals surface area contributed by atoms with Crippen molar-refractivity contribution in [3.8, 4) is 44.8 Å². The fraction of sp³-hybridized carbons (Fsp3) is 0. The van der Waals surface area contributed by atoms with Gasteiger partial charge in [0.15, 0.2) is 0 Å². The van der Waals surface area contributed by atoms with Crippen LogP contribution >= 0.6 is 0 Å². The fourth-order valence-electron chi connectivity index (χ4n) is 9.33. The fourth-order valence-corrected chi connectivity index (χ4v) is 9.33. The Bertz CT molecular complexity index is 3240. The van der Waals surface area contributed by atoms with Crippen LogP contribution in [0.1, 0.15) is 0 Å². The number of hydrogen-bond donors (Lipinski definition) is 0. The van der Waals surface area contributed by atoms with E-state index in [0.29, 0.717) is 0 Å². The van der Waals surface area contributed by atoms with E-state index in [2.05, 4.69) is 191 Å². The summed E-state index contributed by atoms with van der Waals surface area (Å²) >= 11 is 0. The minimum absolute atomic E-state index is 1.15. The Kier molecular flexibility index (Phi) is 5.53. The maximum Gasteiger partial charge on any atom is 0.0647 e. The van der Waals surface area contributed by atoms with Crippen LogP contribution in [0.5, 0.6) is 0 Å². The monoisotopic (exact) mass is 658 g/mol. The number of nitrogens with zero attached hydrogens (tertiary/aromatic N) is 2. The first-order chi connectivity index (χ1) is 25.8. The topological polar surface area (TPSA) is 9.86 Å². The summed E-state index contributed by atoms with van der Waals surface area (Å²) in [5.41, 5.74) is 15.0. The van der Waals surface area contributed by atoms with Crippen LogP contribution < -0.4 is 0 Å². The molecule has 0 fully saturated rings. The molecule has 0 saturated carbocycles. The smallest absolute Gasteiger partial charge is 0.0647 e. The SMILES string of the molecule is c1ccc(-c2ccc(-n3c4ccccc4c4c5ccccc5c5c(c6ccccc6n5-c5ccc6c7c(cccc57)-c5ccccc5-6)c43)cc2)cc1. The van der Waals surface area contributed by atoms with Crippen molar-refractivity contribution in [3.63, 3.8) is 0 Å². The van der Waals surface area contributed by atoms with Gasteiger partial charge in [-0.05, 0) is 74.5 Å². The summed E-state index contributed by atoms with van der Waals surface area (Å²) in [7, 11) is 0. The molecule has 11 aromatic rings. The zero-order valence-corrected chi connectivity index (χ0v) is 28.2. The third-order valence-electron chi connectivity index (χ3n) is 11.4. The molecule has 2 nitrogen and oxygen atoms in total. The third-order valence-corrected chi connectivity index (χ3v) is 11.4. The summed E-state index contributed by atoms with van der Waals surface area (Å²) in [6, 6.07) is 67.1. The summed E-state index contributed by atoms with van der Waals surface area (Å²) < 4.78 is 5.06. The van der Waals surface area contributed by atoms with Crippen LogP contribution in [0.3, 0.4) is 0 Å². The summed E-state index contributed by atoms with van der Waals surface area (Å²) in [4.78, 5) is 0. The Balaban J connectivity index is 1.26. The van der Waals surface area contributed by atoms with E-state index in [4.69, 9.17) is 0 Å². The second-order valence-electron chi connectivity index (χ2n) is 14.0. The van der Waals surface area contributed by atoms with Gasteiger partial charge in [0.1, 0.15) is 0 Å². The highest BCUT2D eigenvalue weighted by atomic mass is 15.0. The number of para-hydroxylation sites is 2. The molecule has 2 heterocycles. The van der Waals surface area contributed by atoms with Crippen molar-refractivity contribution < 1.29 is 0 Å². The molecule has 2 heteroatoms. The van der Waals surface area contributed by atoms with Crippen molar-refractivity contribution in [1.29, 1.82) is 0 Å². The number of benzene rings is 9. The molecular weight excluding hydrogens is 629 g/mol. The summed E-state index contributed by atoms with van der Waals surface area (Å²) in [5, 5.41) is 10.2. The summed E-state index contributed by atoms with van der Waals surface area (Å²) in [6.45, 7) is 0. The van der Waals surface area contributed by atoms with Gasteiger partial charge in [-0.1, -0.05) is 152 Å². The molecule has 0 spiro atoms. The van der Waals surface area contributed by atoms with E-state index in [0.717, 1.165) is 5.69 Å². The highest BCUT2D eigenvalue weighted by Gasteiger charge is 2.27. The van der Waals surface area contributed by atoms with Crippen molar-refractivity contribution in [1.82, 2.24) is 9.13 Å². The van der Waals surface area contributed by atoms with Crippen LogP contribution in [0.2, 0.25) is 0 Å². The van der Waals surface area contributed by atoms with E-state index >= 15 is 0 Å². The molecule has 0 atom stereocenters. The lowest BCUT2D eigenvalue weighted by atomic mass is 9.99. The molecule has 0 amide bonds. The van der Waals surface area contributed by atoms with Crippen molar-refractivity contribution in [2.45, 2.75) is 0 Å². The quantitative estimate of drug-likeness (QED) is 0.179. The predicted octanol–water partition coefficient (Wildman–Crippen LogP) is 13.5. The molecule has 1 aliphatic rings. The lowest BCUT2D eigenvalue weighted by Gasteiger charge is -2.15. The van der Waals surface area contributed by atoms with Gasteiger partial charge in [0.25, 0.3) is 0 Å². The molecule has 0 radical (unpaired) electrons. The lowest BCUT2D eigenvalue weighted by Crippen LogP contribution is -1.98. The van der Waals surface area contributed by atoms with Gasteiger partial charge in [-0.25, -0.2) is 0 Å². The molecule has 1 aliphatic carbocycles. The molecule has 0 unspecified atom stereocenters. The zero-order chi connectivity index (χ0) is 33.9. The first-order valence-corrected chi connectivity index (χ1v) is 18.0. The lowest BCUT2D eigenvalue weighted by molar-refractivity contribution is 1.18. The van der Waals surface area contributed by atoms with E-state index in [1.165, 1.54) is 104 Å². The van der Waals surface area contributed by atoms with Crippen LogP contribution in [0.4, 0.5) is 0 Å². The summed E-state index contributed by atoms with van der Waals surface area (Å²) in [5.74, 6) is 0. The zero-order valence-electron chi connectivity index (χ0n) is 28.2. The van der Waals surface area contributed by atoms with Crippen molar-refractivity contribution in [2.24, 2.45) is 0 Å². The van der Waals surface area contributed by atoms with E-state index in [1.807, 2.05) is 0 Å². The number of hydrogen-bond acceptors (Lipinski definition) is 0. The number of fused-ring (bicyclic) bond motifs is 13. The van der Waals surface area contributed by atoms with Crippen LogP contribution in [0, 0.1) is 0 Å². The molecular formula is C50H30N2. The largest absolute Gasteiger partial charge is 0.309 e. The van der Waals surface area contributed by atoms with Gasteiger partial charge in [-0.15, -0.1) is 0 Å². The Morgan fingerprint density at radius 3 is 1.56 bits per heavy atom. The van der Waals surface area contributed by atoms with Crippen molar-refractivity contribution in [2.75, 3.05) is 0 Å². The van der Waals surface area contributed by atoms with Gasteiger partial charge in [-0.2, -0.15) is 0 Å². The van der Waals surface area contributed by atoms with E-state index < -0.39 is 0 Å². The van der Waals surface area contributed by atoms with Gasteiger partial charge in [0, 0.05) is 38.0 Å². The van der Waals surface area contributed by atoms with Crippen molar-refractivity contribution in [3.05, 3.63) is 182 Å². The van der Waals surface area contributed by atoms with Gasteiger partial charge in [0.2, 0.25) is 0 Å². The molecule has 52 heavy (non-hydrogen) atoms. The standard InChI is InChI=1S/C50H30N2/c1-2-13-31(14-3-1)32-25-27-33(28-26-32)51-43-23-10-8-19-41(43)47-37-17-6-7-18-39(37)49-48(50(47)51)42-20-9-11-24-44(42)52(49)45-30-29-38-35-16-5-4-15-34(35)36-21-12-22-40(45)46(36)38/h1-30H. The first-order valence-electron chi connectivity index (χ1n) is 18.0. The molecule has 0 saturated heterocycles. The van der Waals surface area contributed by atoms with Gasteiger partial charge in [-0.3, -0.25) is 0 Å². The minimum atomic E-state index is 1.15. The van der Waals surface area contributed by atoms with E-state index in [-0.39, 0.29) is 0 Å². The molecule has 2 aromatic heterocycles. The summed E-state index contributed by atoms with van der Waals surface area (Å²) in [6.07, 6.45) is 0. The highest BCUT2D eigenvalue weighted by molar-refractivity contribution is 6.37. The van der Waals surface area contributed by atoms with Crippen molar-refractivity contribution >= 4 is 65.2 Å². The molecule has 0 bridgehead atoms. The van der Waals surface area contributed by atoms with E-state index in [9.17, 15) is 0 Å². The number of rotatable bonds is 3. The second-order valence-corrected chi connectivity index (χ2v) is 14.0. The van der Waals surface area contributed by atoms with Crippen LogP contribution in [0.25, 0.3) is 110 Å². The molecule has 0 aliphatic heterocycles. The van der Waals surface area contributed by atoms with E-state index in [1.54, 1.807) is 0 Å². The Morgan fingerprint density at radius 1 is 0.269 bits per heavy atom. The second kappa shape index (κ2) is 10.3.